The van der Waals surface area contributed by atoms with Crippen molar-refractivity contribution in [3.05, 3.63) is 28.7 Å². The van der Waals surface area contributed by atoms with Gasteiger partial charge in [-0.3, -0.25) is 4.79 Å². The molecule has 96 valence electrons. The highest BCUT2D eigenvalue weighted by Gasteiger charge is 2.31. The Morgan fingerprint density at radius 1 is 1.39 bits per heavy atom. The van der Waals surface area contributed by atoms with Crippen LogP contribution < -0.4 is 10.6 Å². The quantitative estimate of drug-likeness (QED) is 0.908. The van der Waals surface area contributed by atoms with Crippen LogP contribution in [0.25, 0.3) is 0 Å². The topological polar surface area (TPSA) is 72.6 Å². The average molecular weight is 313 g/mol. The molecule has 0 radical (unpaired) electrons. The Balaban J connectivity index is 2.15. The second kappa shape index (κ2) is 5.39. The molecule has 0 bridgehead atoms. The zero-order chi connectivity index (χ0) is 13.1. The minimum atomic E-state index is -0.911. The monoisotopic (exact) mass is 312 g/mol. The highest BCUT2D eigenvalue weighted by Crippen LogP contribution is 2.24. The molecule has 0 aromatic heterocycles. The van der Waals surface area contributed by atoms with Gasteiger partial charge in [0.1, 0.15) is 0 Å². The fourth-order valence-electron chi connectivity index (χ4n) is 1.97. The van der Waals surface area contributed by atoms with E-state index in [1.54, 1.807) is 4.90 Å². The van der Waals surface area contributed by atoms with Gasteiger partial charge in [-0.15, -0.1) is 0 Å². The molecule has 2 amide bonds. The van der Waals surface area contributed by atoms with Crippen LogP contribution in [-0.4, -0.2) is 24.6 Å². The lowest BCUT2D eigenvalue weighted by Gasteiger charge is -2.31. The molecule has 1 unspecified atom stereocenters. The van der Waals surface area contributed by atoms with Gasteiger partial charge < -0.3 is 15.4 Å². The van der Waals surface area contributed by atoms with E-state index in [0.717, 1.165) is 16.6 Å². The molecule has 18 heavy (non-hydrogen) atoms. The van der Waals surface area contributed by atoms with E-state index in [4.69, 9.17) is 10.5 Å². The average Bonchev–Trinajstić information content (AvgIpc) is 2.33. The van der Waals surface area contributed by atoms with Gasteiger partial charge in [-0.2, -0.15) is 0 Å². The van der Waals surface area contributed by atoms with Gasteiger partial charge in [-0.1, -0.05) is 15.9 Å². The SMILES string of the molecule is NC(=O)OC1CCCN(c2ccc(Br)cc2)C1=O. The number of piperidine rings is 1. The zero-order valence-corrected chi connectivity index (χ0v) is 11.2. The smallest absolute Gasteiger partial charge is 0.405 e. The number of hydrogen-bond donors (Lipinski definition) is 1. The standard InChI is InChI=1S/C12H13BrN2O3/c13-8-3-5-9(6-4-8)15-7-1-2-10(11(15)16)18-12(14)17/h3-6,10H,1-2,7H2,(H2,14,17). The molecule has 1 aromatic rings. The molecule has 1 atom stereocenters. The number of benzene rings is 1. The van der Waals surface area contributed by atoms with Crippen LogP contribution in [0.2, 0.25) is 0 Å². The van der Waals surface area contributed by atoms with Crippen molar-refractivity contribution in [1.29, 1.82) is 0 Å². The minimum absolute atomic E-state index is 0.220. The Bertz CT molecular complexity index is 461. The summed E-state index contributed by atoms with van der Waals surface area (Å²) in [5.74, 6) is -0.220. The number of amides is 2. The second-order valence-electron chi connectivity index (χ2n) is 4.03. The van der Waals surface area contributed by atoms with Crippen molar-refractivity contribution in [2.75, 3.05) is 11.4 Å². The van der Waals surface area contributed by atoms with Crippen molar-refractivity contribution in [3.63, 3.8) is 0 Å². The van der Waals surface area contributed by atoms with E-state index in [1.807, 2.05) is 24.3 Å². The normalized spacial score (nSPS) is 19.7. The third-order valence-electron chi connectivity index (χ3n) is 2.79. The fraction of sp³-hybridized carbons (Fsp3) is 0.333. The lowest BCUT2D eigenvalue weighted by Crippen LogP contribution is -2.46. The Hall–Kier alpha value is -1.56. The van der Waals surface area contributed by atoms with Crippen LogP contribution in [0, 0.1) is 0 Å². The van der Waals surface area contributed by atoms with E-state index in [1.165, 1.54) is 0 Å². The summed E-state index contributed by atoms with van der Waals surface area (Å²) in [7, 11) is 0. The number of nitrogens with zero attached hydrogens (tertiary/aromatic N) is 1. The number of carbonyl (C=O) groups is 2. The molecule has 2 rings (SSSR count). The number of hydrogen-bond acceptors (Lipinski definition) is 3. The van der Waals surface area contributed by atoms with Crippen molar-refractivity contribution in [3.8, 4) is 0 Å². The second-order valence-corrected chi connectivity index (χ2v) is 4.95. The molecule has 1 aromatic carbocycles. The van der Waals surface area contributed by atoms with E-state index in [-0.39, 0.29) is 5.91 Å². The van der Waals surface area contributed by atoms with E-state index >= 15 is 0 Å². The van der Waals surface area contributed by atoms with E-state index in [2.05, 4.69) is 15.9 Å². The van der Waals surface area contributed by atoms with Gasteiger partial charge in [0, 0.05) is 16.7 Å². The molecule has 1 saturated heterocycles. The molecular weight excluding hydrogens is 300 g/mol. The zero-order valence-electron chi connectivity index (χ0n) is 9.64. The first-order valence-electron chi connectivity index (χ1n) is 5.61. The maximum atomic E-state index is 12.1. The number of anilines is 1. The predicted octanol–water partition coefficient (Wildman–Crippen LogP) is 2.04. The molecule has 1 aliphatic heterocycles. The molecule has 6 heteroatoms. The Morgan fingerprint density at radius 3 is 2.67 bits per heavy atom. The van der Waals surface area contributed by atoms with Gasteiger partial charge >= 0.3 is 6.09 Å². The largest absolute Gasteiger partial charge is 0.436 e. The van der Waals surface area contributed by atoms with E-state index < -0.39 is 12.2 Å². The first-order chi connectivity index (χ1) is 8.58. The number of halogens is 1. The molecule has 1 heterocycles. The van der Waals surface area contributed by atoms with Crippen LogP contribution in [-0.2, 0) is 9.53 Å². The van der Waals surface area contributed by atoms with Crippen LogP contribution in [0.3, 0.4) is 0 Å². The van der Waals surface area contributed by atoms with Gasteiger partial charge in [0.2, 0.25) is 0 Å². The third kappa shape index (κ3) is 2.81. The molecule has 1 fully saturated rings. The van der Waals surface area contributed by atoms with Crippen molar-refractivity contribution >= 4 is 33.6 Å². The van der Waals surface area contributed by atoms with Gasteiger partial charge in [0.15, 0.2) is 6.10 Å². The molecular formula is C12H13BrN2O3. The Morgan fingerprint density at radius 2 is 2.06 bits per heavy atom. The first kappa shape index (κ1) is 12.9. The number of nitrogens with two attached hydrogens (primary N) is 1. The van der Waals surface area contributed by atoms with Gasteiger partial charge in [-0.05, 0) is 37.1 Å². The maximum Gasteiger partial charge on any atom is 0.405 e. The predicted molar refractivity (Wildman–Crippen MR) is 70.2 cm³/mol. The summed E-state index contributed by atoms with van der Waals surface area (Å²) in [5, 5.41) is 0. The van der Waals surface area contributed by atoms with Crippen molar-refractivity contribution in [1.82, 2.24) is 0 Å². The maximum absolute atomic E-state index is 12.1. The minimum Gasteiger partial charge on any atom is -0.436 e. The lowest BCUT2D eigenvalue weighted by molar-refractivity contribution is -0.128. The number of rotatable bonds is 2. The van der Waals surface area contributed by atoms with Crippen LogP contribution in [0.1, 0.15) is 12.8 Å². The summed E-state index contributed by atoms with van der Waals surface area (Å²) >= 11 is 3.34. The summed E-state index contributed by atoms with van der Waals surface area (Å²) in [6, 6.07) is 7.41. The molecule has 1 aliphatic rings. The molecule has 2 N–H and O–H groups in total. The van der Waals surface area contributed by atoms with Crippen molar-refractivity contribution in [2.24, 2.45) is 5.73 Å². The van der Waals surface area contributed by atoms with E-state index in [0.29, 0.717) is 13.0 Å². The van der Waals surface area contributed by atoms with Gasteiger partial charge in [-0.25, -0.2) is 4.79 Å². The summed E-state index contributed by atoms with van der Waals surface area (Å²) in [6.45, 7) is 0.624. The van der Waals surface area contributed by atoms with Crippen LogP contribution in [0.5, 0.6) is 0 Å². The van der Waals surface area contributed by atoms with Crippen LogP contribution >= 0.6 is 15.9 Å². The van der Waals surface area contributed by atoms with Crippen molar-refractivity contribution < 1.29 is 14.3 Å². The molecule has 0 spiro atoms. The number of carbonyl (C=O) groups excluding carboxylic acids is 2. The van der Waals surface area contributed by atoms with Crippen LogP contribution in [0.4, 0.5) is 10.5 Å². The first-order valence-corrected chi connectivity index (χ1v) is 6.40. The molecule has 0 saturated carbocycles. The fourth-order valence-corrected chi connectivity index (χ4v) is 2.23. The highest BCUT2D eigenvalue weighted by molar-refractivity contribution is 9.10. The number of ether oxygens (including phenoxy) is 1. The number of primary amides is 1. The Kier molecular flexibility index (Phi) is 3.86. The summed E-state index contributed by atoms with van der Waals surface area (Å²) < 4.78 is 5.76. The van der Waals surface area contributed by atoms with Gasteiger partial charge in [0.05, 0.1) is 0 Å². The summed E-state index contributed by atoms with van der Waals surface area (Å²) in [5.41, 5.74) is 5.74. The highest BCUT2D eigenvalue weighted by atomic mass is 79.9. The molecule has 0 aliphatic carbocycles. The third-order valence-corrected chi connectivity index (χ3v) is 3.31. The Labute approximate surface area is 113 Å². The van der Waals surface area contributed by atoms with Crippen LogP contribution in [0.15, 0.2) is 28.7 Å². The van der Waals surface area contributed by atoms with Crippen molar-refractivity contribution in [2.45, 2.75) is 18.9 Å². The lowest BCUT2D eigenvalue weighted by atomic mass is 10.1. The summed E-state index contributed by atoms with van der Waals surface area (Å²) in [6.07, 6.45) is -0.375. The van der Waals surface area contributed by atoms with E-state index in [9.17, 15) is 9.59 Å². The van der Waals surface area contributed by atoms with Gasteiger partial charge in [0.25, 0.3) is 5.91 Å². The molecule has 5 nitrogen and oxygen atoms in total. The summed E-state index contributed by atoms with van der Waals surface area (Å²) in [4.78, 5) is 24.5.